The lowest BCUT2D eigenvalue weighted by molar-refractivity contribution is -0.116. The topological polar surface area (TPSA) is 104 Å². The summed E-state index contributed by atoms with van der Waals surface area (Å²) >= 11 is 0. The van der Waals surface area contributed by atoms with Gasteiger partial charge in [0, 0.05) is 6.42 Å². The minimum Gasteiger partial charge on any atom is -0.492 e. The van der Waals surface area contributed by atoms with Gasteiger partial charge >= 0.3 is 0 Å². The number of nitrogens with one attached hydrogen (secondary N) is 1. The average Bonchev–Trinajstić information content (AvgIpc) is 2.77. The number of amides is 1. The number of H-pyrrole nitrogens is 1. The number of nitrogens with zero attached hydrogens (tertiary/aromatic N) is 2. The van der Waals surface area contributed by atoms with Gasteiger partial charge in [0.2, 0.25) is 11.8 Å². The van der Waals surface area contributed by atoms with Gasteiger partial charge < -0.3 is 15.8 Å². The van der Waals surface area contributed by atoms with E-state index >= 15 is 0 Å². The number of aromatic amines is 1. The van der Waals surface area contributed by atoms with Crippen molar-refractivity contribution in [2.45, 2.75) is 52.4 Å². The largest absolute Gasteiger partial charge is 0.492 e. The molecule has 0 aliphatic heterocycles. The van der Waals surface area contributed by atoms with E-state index in [-0.39, 0.29) is 12.4 Å². The Labute approximate surface area is 119 Å². The molecule has 1 aromatic rings. The summed E-state index contributed by atoms with van der Waals surface area (Å²) in [5.41, 5.74) is 6.31. The van der Waals surface area contributed by atoms with E-state index in [2.05, 4.69) is 28.8 Å². The average molecular weight is 280 g/mol. The van der Waals surface area contributed by atoms with Crippen LogP contribution in [0.3, 0.4) is 0 Å². The van der Waals surface area contributed by atoms with Crippen LogP contribution in [0.2, 0.25) is 0 Å². The minimum absolute atomic E-state index is 0.0459. The molecule has 0 aliphatic carbocycles. The van der Waals surface area contributed by atoms with Gasteiger partial charge in [0.05, 0.1) is 5.71 Å². The number of aliphatic imine (C=N–C) groups is 1. The fourth-order valence-electron chi connectivity index (χ4n) is 1.88. The van der Waals surface area contributed by atoms with Crippen LogP contribution in [-0.2, 0) is 11.2 Å². The van der Waals surface area contributed by atoms with E-state index in [0.717, 1.165) is 37.9 Å². The Morgan fingerprint density at radius 3 is 2.65 bits per heavy atom. The molecule has 0 fully saturated rings. The van der Waals surface area contributed by atoms with E-state index < -0.39 is 5.91 Å². The van der Waals surface area contributed by atoms with Crippen molar-refractivity contribution in [2.24, 2.45) is 10.7 Å². The Bertz CT molecular complexity index is 466. The summed E-state index contributed by atoms with van der Waals surface area (Å²) < 4.78 is 0. The fraction of sp³-hybridized carbons (Fsp3) is 0.643. The fourth-order valence-corrected chi connectivity index (χ4v) is 1.88. The summed E-state index contributed by atoms with van der Waals surface area (Å²) in [6.45, 7) is 4.11. The number of aromatic nitrogens is 2. The van der Waals surface area contributed by atoms with Crippen LogP contribution in [0.4, 0.5) is 0 Å². The van der Waals surface area contributed by atoms with Gasteiger partial charge in [-0.05, 0) is 19.3 Å². The summed E-state index contributed by atoms with van der Waals surface area (Å²) in [7, 11) is 0. The molecule has 1 amide bonds. The molecule has 6 heteroatoms. The zero-order valence-electron chi connectivity index (χ0n) is 12.3. The normalized spacial score (nSPS) is 11.8. The van der Waals surface area contributed by atoms with Crippen LogP contribution >= 0.6 is 0 Å². The molecule has 6 nitrogen and oxygen atoms in total. The van der Waals surface area contributed by atoms with Gasteiger partial charge in [-0.25, -0.2) is 0 Å². The van der Waals surface area contributed by atoms with Gasteiger partial charge in [0.15, 0.2) is 0 Å². The van der Waals surface area contributed by atoms with Crippen LogP contribution < -0.4 is 5.73 Å². The number of imidazole rings is 1. The molecule has 0 atom stereocenters. The van der Waals surface area contributed by atoms with Gasteiger partial charge in [0.25, 0.3) is 0 Å². The number of unbranched alkanes of at least 4 members (excludes halogenated alkanes) is 2. The van der Waals surface area contributed by atoms with Crippen molar-refractivity contribution in [2.75, 3.05) is 6.54 Å². The highest BCUT2D eigenvalue weighted by atomic mass is 16.3. The van der Waals surface area contributed by atoms with Gasteiger partial charge in [-0.2, -0.15) is 4.98 Å². The van der Waals surface area contributed by atoms with Crippen LogP contribution in [0, 0.1) is 0 Å². The van der Waals surface area contributed by atoms with Crippen molar-refractivity contribution in [3.63, 3.8) is 0 Å². The molecule has 1 aromatic heterocycles. The van der Waals surface area contributed by atoms with Gasteiger partial charge in [-0.3, -0.25) is 9.79 Å². The second-order valence-electron chi connectivity index (χ2n) is 4.82. The lowest BCUT2D eigenvalue weighted by Gasteiger charge is -2.04. The zero-order valence-corrected chi connectivity index (χ0v) is 12.3. The number of aromatic hydroxyl groups is 1. The Hall–Kier alpha value is -1.85. The van der Waals surface area contributed by atoms with Gasteiger partial charge in [0.1, 0.15) is 18.1 Å². The Morgan fingerprint density at radius 1 is 1.35 bits per heavy atom. The van der Waals surface area contributed by atoms with Crippen LogP contribution in [0.1, 0.15) is 57.5 Å². The van der Waals surface area contributed by atoms with Crippen LogP contribution in [0.5, 0.6) is 5.88 Å². The first-order chi connectivity index (χ1) is 9.58. The van der Waals surface area contributed by atoms with E-state index in [0.29, 0.717) is 17.8 Å². The molecule has 4 N–H and O–H groups in total. The predicted molar refractivity (Wildman–Crippen MR) is 79.0 cm³/mol. The highest BCUT2D eigenvalue weighted by Gasteiger charge is 2.14. The first-order valence-electron chi connectivity index (χ1n) is 7.18. The zero-order chi connectivity index (χ0) is 15.0. The number of nitrogens with two attached hydrogens (primary N) is 1. The summed E-state index contributed by atoms with van der Waals surface area (Å²) in [6.07, 6.45) is 5.49. The molecule has 0 bridgehead atoms. The van der Waals surface area contributed by atoms with Crippen LogP contribution in [0.25, 0.3) is 0 Å². The lowest BCUT2D eigenvalue weighted by atomic mass is 10.1. The quantitative estimate of drug-likeness (QED) is 0.602. The maximum Gasteiger partial charge on any atom is 0.239 e. The maximum absolute atomic E-state index is 10.9. The molecule has 0 spiro atoms. The van der Waals surface area contributed by atoms with E-state index in [1.807, 2.05) is 0 Å². The van der Waals surface area contributed by atoms with Crippen molar-refractivity contribution >= 4 is 11.6 Å². The van der Waals surface area contributed by atoms with E-state index in [4.69, 9.17) is 5.73 Å². The van der Waals surface area contributed by atoms with E-state index in [1.165, 1.54) is 0 Å². The Morgan fingerprint density at radius 2 is 2.05 bits per heavy atom. The summed E-state index contributed by atoms with van der Waals surface area (Å²) in [5, 5.41) is 9.93. The number of aryl methyl sites for hydroxylation is 1. The molecule has 0 saturated heterocycles. The molecule has 0 saturated carbocycles. The molecule has 20 heavy (non-hydrogen) atoms. The van der Waals surface area contributed by atoms with Crippen molar-refractivity contribution < 1.29 is 9.90 Å². The van der Waals surface area contributed by atoms with Crippen molar-refractivity contribution in [3.8, 4) is 5.88 Å². The van der Waals surface area contributed by atoms with Crippen molar-refractivity contribution in [3.05, 3.63) is 11.5 Å². The molecule has 0 unspecified atom stereocenters. The summed E-state index contributed by atoms with van der Waals surface area (Å²) in [4.78, 5) is 22.3. The van der Waals surface area contributed by atoms with Gasteiger partial charge in [-0.1, -0.05) is 26.7 Å². The third-order valence-electron chi connectivity index (χ3n) is 2.98. The molecule has 112 valence electrons. The van der Waals surface area contributed by atoms with Crippen LogP contribution in [-0.4, -0.2) is 33.2 Å². The van der Waals surface area contributed by atoms with E-state index in [9.17, 15) is 9.90 Å². The molecule has 1 heterocycles. The third kappa shape index (κ3) is 5.03. The number of carbonyl (C=O) groups is 1. The van der Waals surface area contributed by atoms with Crippen molar-refractivity contribution in [1.29, 1.82) is 0 Å². The minimum atomic E-state index is -0.482. The molecular weight excluding hydrogens is 256 g/mol. The van der Waals surface area contributed by atoms with Crippen molar-refractivity contribution in [1.82, 2.24) is 9.97 Å². The first-order valence-corrected chi connectivity index (χ1v) is 7.18. The van der Waals surface area contributed by atoms with Gasteiger partial charge in [-0.15, -0.1) is 0 Å². The highest BCUT2D eigenvalue weighted by molar-refractivity contribution is 6.01. The van der Waals surface area contributed by atoms with E-state index in [1.54, 1.807) is 0 Å². The number of primary amides is 1. The Kier molecular flexibility index (Phi) is 6.76. The highest BCUT2D eigenvalue weighted by Crippen LogP contribution is 2.18. The summed E-state index contributed by atoms with van der Waals surface area (Å²) in [5.74, 6) is 0.224. The molecule has 0 aliphatic rings. The third-order valence-corrected chi connectivity index (χ3v) is 2.98. The molecular formula is C14H24N4O2. The SMILES string of the molecule is CCCCC(=NCC(N)=O)c1[nH]c(CCCC)nc1O. The number of carbonyl (C=O) groups excluding carboxylic acids is 1. The molecule has 0 radical (unpaired) electrons. The number of hydrogen-bond donors (Lipinski definition) is 3. The first kappa shape index (κ1) is 16.2. The van der Waals surface area contributed by atoms with Crippen LogP contribution in [0.15, 0.2) is 4.99 Å². The molecule has 0 aromatic carbocycles. The molecule has 1 rings (SSSR count). The number of hydrogen-bond acceptors (Lipinski definition) is 4. The summed E-state index contributed by atoms with van der Waals surface area (Å²) in [6, 6.07) is 0. The number of rotatable bonds is 9. The second-order valence-corrected chi connectivity index (χ2v) is 4.82. The smallest absolute Gasteiger partial charge is 0.239 e. The standard InChI is InChI=1S/C14H24N4O2/c1-3-5-7-10(16-9-11(15)19)13-14(20)18-12(17-13)8-6-4-2/h20H,3-9H2,1-2H3,(H2,15,19)(H,17,18). The lowest BCUT2D eigenvalue weighted by Crippen LogP contribution is -2.16. The maximum atomic E-state index is 10.9. The second kappa shape index (κ2) is 8.35. The predicted octanol–water partition coefficient (Wildman–Crippen LogP) is 1.92. The Balaban J connectivity index is 2.91. The monoisotopic (exact) mass is 280 g/mol.